The number of H-pyrrole nitrogens is 1. The van der Waals surface area contributed by atoms with E-state index in [1.807, 2.05) is 0 Å². The van der Waals surface area contributed by atoms with Crippen LogP contribution >= 0.6 is 23.4 Å². The van der Waals surface area contributed by atoms with Crippen molar-refractivity contribution in [3.05, 3.63) is 40.7 Å². The van der Waals surface area contributed by atoms with E-state index >= 15 is 0 Å². The number of carbonyl (C=O) groups excluding carboxylic acids is 1. The molecule has 6 nitrogen and oxygen atoms in total. The maximum absolute atomic E-state index is 11.7. The van der Waals surface area contributed by atoms with Crippen LogP contribution in [-0.4, -0.2) is 38.5 Å². The molecular weight excluding hydrogens is 312 g/mol. The van der Waals surface area contributed by atoms with Crippen LogP contribution in [0.25, 0.3) is 0 Å². The number of aromatic amines is 1. The Hall–Kier alpha value is -1.57. The largest absolute Gasteiger partial charge is 0.387 e. The minimum Gasteiger partial charge on any atom is -0.387 e. The monoisotopic (exact) mass is 326 g/mol. The second-order valence-electron chi connectivity index (χ2n) is 4.33. The first-order valence-corrected chi connectivity index (χ1v) is 7.63. The molecule has 1 heterocycles. The average molecular weight is 327 g/mol. The summed E-state index contributed by atoms with van der Waals surface area (Å²) in [6.45, 7) is 1.90. The maximum Gasteiger partial charge on any atom is 0.230 e. The number of amides is 1. The normalized spacial score (nSPS) is 12.1. The van der Waals surface area contributed by atoms with E-state index in [0.717, 1.165) is 0 Å². The van der Waals surface area contributed by atoms with E-state index < -0.39 is 6.10 Å². The third-order valence-electron chi connectivity index (χ3n) is 2.67. The Kier molecular flexibility index (Phi) is 5.60. The summed E-state index contributed by atoms with van der Waals surface area (Å²) in [4.78, 5) is 15.8. The number of aromatic nitrogens is 3. The highest BCUT2D eigenvalue weighted by atomic mass is 35.5. The molecule has 1 aromatic carbocycles. The Labute approximate surface area is 131 Å². The molecule has 21 heavy (non-hydrogen) atoms. The van der Waals surface area contributed by atoms with Crippen LogP contribution in [0.2, 0.25) is 5.02 Å². The van der Waals surface area contributed by atoms with Gasteiger partial charge >= 0.3 is 0 Å². The van der Waals surface area contributed by atoms with Gasteiger partial charge in [0.25, 0.3) is 0 Å². The molecule has 0 fully saturated rings. The van der Waals surface area contributed by atoms with E-state index in [-0.39, 0.29) is 18.2 Å². The van der Waals surface area contributed by atoms with Gasteiger partial charge in [-0.1, -0.05) is 41.6 Å². The van der Waals surface area contributed by atoms with Crippen LogP contribution in [0, 0.1) is 6.92 Å². The predicted octanol–water partition coefficient (Wildman–Crippen LogP) is 1.71. The van der Waals surface area contributed by atoms with Gasteiger partial charge in [0.15, 0.2) is 0 Å². The zero-order valence-electron chi connectivity index (χ0n) is 11.3. The van der Waals surface area contributed by atoms with Crippen LogP contribution in [0.3, 0.4) is 0 Å². The molecule has 1 atom stereocenters. The first kappa shape index (κ1) is 15.8. The highest BCUT2D eigenvalue weighted by Crippen LogP contribution is 2.21. The van der Waals surface area contributed by atoms with Crippen molar-refractivity contribution in [1.82, 2.24) is 20.5 Å². The SMILES string of the molecule is Cc1nc(SCC(=O)NC[C@@H](O)c2ccccc2Cl)n[nH]1. The molecule has 3 N–H and O–H groups in total. The van der Waals surface area contributed by atoms with Gasteiger partial charge in [-0.15, -0.1) is 5.10 Å². The average Bonchev–Trinajstić information content (AvgIpc) is 2.89. The van der Waals surface area contributed by atoms with Gasteiger partial charge in [-0.25, -0.2) is 4.98 Å². The summed E-state index contributed by atoms with van der Waals surface area (Å²) in [5.41, 5.74) is 0.594. The molecule has 0 bridgehead atoms. The number of aliphatic hydroxyl groups excluding tert-OH is 1. The lowest BCUT2D eigenvalue weighted by atomic mass is 10.1. The van der Waals surface area contributed by atoms with Crippen molar-refractivity contribution in [2.75, 3.05) is 12.3 Å². The Morgan fingerprint density at radius 3 is 2.95 bits per heavy atom. The van der Waals surface area contributed by atoms with Gasteiger partial charge in [-0.3, -0.25) is 9.89 Å². The van der Waals surface area contributed by atoms with E-state index in [1.165, 1.54) is 11.8 Å². The molecule has 0 spiro atoms. The summed E-state index contributed by atoms with van der Waals surface area (Å²) in [6, 6.07) is 6.99. The highest BCUT2D eigenvalue weighted by molar-refractivity contribution is 7.99. The predicted molar refractivity (Wildman–Crippen MR) is 81.3 cm³/mol. The number of hydrogen-bond donors (Lipinski definition) is 3. The van der Waals surface area contributed by atoms with Crippen LogP contribution in [0.5, 0.6) is 0 Å². The summed E-state index contributed by atoms with van der Waals surface area (Å²) in [6.07, 6.45) is -0.835. The summed E-state index contributed by atoms with van der Waals surface area (Å²) in [5.74, 6) is 0.688. The fraction of sp³-hybridized carbons (Fsp3) is 0.308. The number of rotatable bonds is 6. The summed E-state index contributed by atoms with van der Waals surface area (Å²) in [5, 5.41) is 20.3. The lowest BCUT2D eigenvalue weighted by Crippen LogP contribution is -2.29. The van der Waals surface area contributed by atoms with Crippen LogP contribution in [-0.2, 0) is 4.79 Å². The standard InChI is InChI=1S/C13H15ClN4O2S/c1-8-16-13(18-17-8)21-7-12(20)15-6-11(19)9-4-2-3-5-10(9)14/h2-5,11,19H,6-7H2,1H3,(H,15,20)(H,16,17,18)/t11-/m1/s1. The zero-order valence-corrected chi connectivity index (χ0v) is 12.9. The third kappa shape index (κ3) is 4.73. The van der Waals surface area contributed by atoms with Crippen LogP contribution in [0.1, 0.15) is 17.5 Å². The van der Waals surface area contributed by atoms with Crippen LogP contribution in [0.15, 0.2) is 29.4 Å². The first-order chi connectivity index (χ1) is 10.1. The Morgan fingerprint density at radius 2 is 2.29 bits per heavy atom. The smallest absolute Gasteiger partial charge is 0.230 e. The molecule has 1 aromatic heterocycles. The number of aryl methyl sites for hydroxylation is 1. The Bertz CT molecular complexity index is 620. The van der Waals surface area contributed by atoms with Gasteiger partial charge in [-0.2, -0.15) is 0 Å². The first-order valence-electron chi connectivity index (χ1n) is 6.27. The maximum atomic E-state index is 11.7. The van der Waals surface area contributed by atoms with Crippen molar-refractivity contribution in [1.29, 1.82) is 0 Å². The van der Waals surface area contributed by atoms with E-state index in [2.05, 4.69) is 20.5 Å². The molecule has 0 aliphatic rings. The van der Waals surface area contributed by atoms with Crippen molar-refractivity contribution in [2.24, 2.45) is 0 Å². The van der Waals surface area contributed by atoms with Gasteiger partial charge in [0, 0.05) is 17.1 Å². The molecular formula is C13H15ClN4O2S. The van der Waals surface area contributed by atoms with Gasteiger partial charge in [0.2, 0.25) is 11.1 Å². The molecule has 0 saturated carbocycles. The van der Waals surface area contributed by atoms with Crippen molar-refractivity contribution in [2.45, 2.75) is 18.2 Å². The molecule has 112 valence electrons. The molecule has 2 aromatic rings. The van der Waals surface area contributed by atoms with Crippen LogP contribution in [0.4, 0.5) is 0 Å². The van der Waals surface area contributed by atoms with Gasteiger partial charge in [0.05, 0.1) is 11.9 Å². The summed E-state index contributed by atoms with van der Waals surface area (Å²) < 4.78 is 0. The highest BCUT2D eigenvalue weighted by Gasteiger charge is 2.13. The van der Waals surface area contributed by atoms with Gasteiger partial charge in [0.1, 0.15) is 5.82 Å². The molecule has 8 heteroatoms. The minimum absolute atomic E-state index is 0.107. The van der Waals surface area contributed by atoms with E-state index in [4.69, 9.17) is 11.6 Å². The van der Waals surface area contributed by atoms with Gasteiger partial charge in [-0.05, 0) is 13.0 Å². The van der Waals surface area contributed by atoms with E-state index in [1.54, 1.807) is 31.2 Å². The molecule has 0 aliphatic heterocycles. The topological polar surface area (TPSA) is 90.9 Å². The number of nitrogens with one attached hydrogen (secondary N) is 2. The van der Waals surface area contributed by atoms with E-state index in [9.17, 15) is 9.90 Å². The second kappa shape index (κ2) is 7.44. The fourth-order valence-electron chi connectivity index (χ4n) is 1.63. The number of nitrogens with zero attached hydrogens (tertiary/aromatic N) is 2. The number of thioether (sulfide) groups is 1. The Balaban J connectivity index is 1.77. The van der Waals surface area contributed by atoms with Gasteiger partial charge < -0.3 is 10.4 Å². The number of halogens is 1. The van der Waals surface area contributed by atoms with Crippen molar-refractivity contribution >= 4 is 29.3 Å². The minimum atomic E-state index is -0.835. The van der Waals surface area contributed by atoms with Crippen LogP contribution < -0.4 is 5.32 Å². The number of hydrogen-bond acceptors (Lipinski definition) is 5. The molecule has 0 aliphatic carbocycles. The van der Waals surface area contributed by atoms with Crippen molar-refractivity contribution in [3.8, 4) is 0 Å². The molecule has 1 amide bonds. The molecule has 0 radical (unpaired) electrons. The third-order valence-corrected chi connectivity index (χ3v) is 3.86. The fourth-order valence-corrected chi connectivity index (χ4v) is 2.57. The lowest BCUT2D eigenvalue weighted by molar-refractivity contribution is -0.119. The summed E-state index contributed by atoms with van der Waals surface area (Å²) in [7, 11) is 0. The second-order valence-corrected chi connectivity index (χ2v) is 5.68. The lowest BCUT2D eigenvalue weighted by Gasteiger charge is -2.13. The van der Waals surface area contributed by atoms with E-state index in [0.29, 0.717) is 21.6 Å². The Morgan fingerprint density at radius 1 is 1.52 bits per heavy atom. The zero-order chi connectivity index (χ0) is 15.2. The van der Waals surface area contributed by atoms with Crippen molar-refractivity contribution in [3.63, 3.8) is 0 Å². The molecule has 0 unspecified atom stereocenters. The number of carbonyl (C=O) groups is 1. The molecule has 2 rings (SSSR count). The van der Waals surface area contributed by atoms with Crippen molar-refractivity contribution < 1.29 is 9.90 Å². The molecule has 0 saturated heterocycles. The number of aliphatic hydroxyl groups is 1. The number of benzene rings is 1. The summed E-state index contributed by atoms with van der Waals surface area (Å²) >= 11 is 7.21. The quantitative estimate of drug-likeness (QED) is 0.703.